The van der Waals surface area contributed by atoms with Crippen molar-refractivity contribution in [1.82, 2.24) is 14.5 Å². The normalized spacial score (nSPS) is 14.8. The van der Waals surface area contributed by atoms with Crippen molar-refractivity contribution < 1.29 is 9.18 Å². The Morgan fingerprint density at radius 3 is 2.54 bits per heavy atom. The van der Waals surface area contributed by atoms with E-state index in [-0.39, 0.29) is 11.7 Å². The van der Waals surface area contributed by atoms with Crippen LogP contribution in [0.5, 0.6) is 0 Å². The molecule has 134 valence electrons. The van der Waals surface area contributed by atoms with Crippen LogP contribution in [0.15, 0.2) is 48.5 Å². The van der Waals surface area contributed by atoms with Crippen molar-refractivity contribution >= 4 is 22.9 Å². The van der Waals surface area contributed by atoms with Gasteiger partial charge in [-0.2, -0.15) is 0 Å². The van der Waals surface area contributed by atoms with Crippen molar-refractivity contribution in [2.24, 2.45) is 7.05 Å². The molecule has 1 amide bonds. The summed E-state index contributed by atoms with van der Waals surface area (Å²) in [7, 11) is 1.90. The summed E-state index contributed by atoms with van der Waals surface area (Å²) in [6, 6.07) is 14.5. The number of anilines is 1. The first-order valence-electron chi connectivity index (χ1n) is 8.80. The Kier molecular flexibility index (Phi) is 4.32. The van der Waals surface area contributed by atoms with E-state index >= 15 is 0 Å². The molecule has 0 unspecified atom stereocenters. The number of hydrogen-bond acceptors (Lipinski definition) is 3. The molecule has 1 fully saturated rings. The summed E-state index contributed by atoms with van der Waals surface area (Å²) in [6.07, 6.45) is 0.437. The lowest BCUT2D eigenvalue weighted by atomic mass is 10.1. The molecule has 26 heavy (non-hydrogen) atoms. The molecule has 1 aliphatic heterocycles. The summed E-state index contributed by atoms with van der Waals surface area (Å²) in [5.41, 5.74) is 2.60. The number of aryl methyl sites for hydroxylation is 1. The molecule has 4 rings (SSSR count). The van der Waals surface area contributed by atoms with E-state index in [4.69, 9.17) is 0 Å². The molecule has 1 saturated heterocycles. The minimum Gasteiger partial charge on any atom is -0.339 e. The van der Waals surface area contributed by atoms with Gasteiger partial charge in [0.15, 0.2) is 0 Å². The first-order valence-corrected chi connectivity index (χ1v) is 8.80. The lowest BCUT2D eigenvalue weighted by Crippen LogP contribution is -2.49. The molecule has 0 spiro atoms. The zero-order valence-corrected chi connectivity index (χ0v) is 14.7. The van der Waals surface area contributed by atoms with Crippen LogP contribution in [0.2, 0.25) is 0 Å². The molecular weight excluding hydrogens is 331 g/mol. The number of nitrogens with zero attached hydrogens (tertiary/aromatic N) is 4. The Labute approximate surface area is 151 Å². The molecule has 0 saturated carbocycles. The molecule has 1 aromatic heterocycles. The Hall–Kier alpha value is -2.89. The molecule has 6 heteroatoms. The third-order valence-corrected chi connectivity index (χ3v) is 4.93. The largest absolute Gasteiger partial charge is 0.339 e. The minimum absolute atomic E-state index is 0.155. The van der Waals surface area contributed by atoms with Crippen molar-refractivity contribution in [3.8, 4) is 0 Å². The van der Waals surface area contributed by atoms with Crippen molar-refractivity contribution in [1.29, 1.82) is 0 Å². The van der Waals surface area contributed by atoms with Crippen LogP contribution in [0.4, 0.5) is 10.3 Å². The van der Waals surface area contributed by atoms with Crippen LogP contribution in [0.3, 0.4) is 0 Å². The van der Waals surface area contributed by atoms with Gasteiger partial charge < -0.3 is 14.4 Å². The molecule has 0 bridgehead atoms. The first-order chi connectivity index (χ1) is 12.6. The van der Waals surface area contributed by atoms with Gasteiger partial charge in [0.05, 0.1) is 17.5 Å². The van der Waals surface area contributed by atoms with E-state index in [2.05, 4.69) is 9.88 Å². The maximum Gasteiger partial charge on any atom is 0.227 e. The number of carbonyl (C=O) groups is 1. The van der Waals surface area contributed by atoms with E-state index in [0.29, 0.717) is 19.5 Å². The van der Waals surface area contributed by atoms with Gasteiger partial charge in [0.25, 0.3) is 0 Å². The zero-order valence-electron chi connectivity index (χ0n) is 14.7. The Balaban J connectivity index is 1.44. The van der Waals surface area contributed by atoms with Gasteiger partial charge in [0, 0.05) is 33.2 Å². The number of aromatic nitrogens is 2. The molecule has 1 aliphatic rings. The highest BCUT2D eigenvalue weighted by Crippen LogP contribution is 2.23. The van der Waals surface area contributed by atoms with Crippen LogP contribution in [0.25, 0.3) is 11.0 Å². The number of hydrogen-bond donors (Lipinski definition) is 0. The average Bonchev–Trinajstić information content (AvgIpc) is 2.99. The second-order valence-electron chi connectivity index (χ2n) is 6.63. The highest BCUT2D eigenvalue weighted by molar-refractivity contribution is 5.80. The zero-order chi connectivity index (χ0) is 18.1. The number of amides is 1. The maximum absolute atomic E-state index is 13.5. The maximum atomic E-state index is 13.5. The van der Waals surface area contributed by atoms with Crippen LogP contribution in [0, 0.1) is 5.82 Å². The van der Waals surface area contributed by atoms with E-state index < -0.39 is 0 Å². The number of carbonyl (C=O) groups excluding carboxylic acids is 1. The third-order valence-electron chi connectivity index (χ3n) is 4.93. The van der Waals surface area contributed by atoms with Gasteiger partial charge in [-0.25, -0.2) is 9.37 Å². The van der Waals surface area contributed by atoms with Crippen LogP contribution in [-0.2, 0) is 18.3 Å². The van der Waals surface area contributed by atoms with Crippen LogP contribution < -0.4 is 4.90 Å². The fourth-order valence-electron chi connectivity index (χ4n) is 3.47. The SMILES string of the molecule is Cn1c(N2CCN(C(=O)Cc3ccccc3)CC2)nc2ccc(F)cc21. The predicted octanol–water partition coefficient (Wildman–Crippen LogP) is 2.60. The first kappa shape index (κ1) is 16.6. The lowest BCUT2D eigenvalue weighted by Gasteiger charge is -2.35. The van der Waals surface area contributed by atoms with Gasteiger partial charge in [-0.3, -0.25) is 4.79 Å². The van der Waals surface area contributed by atoms with Gasteiger partial charge in [-0.05, 0) is 23.8 Å². The fourth-order valence-corrected chi connectivity index (χ4v) is 3.47. The number of halogens is 1. The molecule has 0 aliphatic carbocycles. The Morgan fingerprint density at radius 2 is 1.81 bits per heavy atom. The third kappa shape index (κ3) is 3.14. The summed E-state index contributed by atoms with van der Waals surface area (Å²) in [4.78, 5) is 21.2. The number of piperazine rings is 1. The molecule has 2 aromatic carbocycles. The van der Waals surface area contributed by atoms with Gasteiger partial charge >= 0.3 is 0 Å². The second kappa shape index (κ2) is 6.78. The van der Waals surface area contributed by atoms with E-state index in [1.165, 1.54) is 12.1 Å². The van der Waals surface area contributed by atoms with Gasteiger partial charge in [-0.1, -0.05) is 30.3 Å². The summed E-state index contributed by atoms with van der Waals surface area (Å²) >= 11 is 0. The highest BCUT2D eigenvalue weighted by Gasteiger charge is 2.24. The van der Waals surface area contributed by atoms with E-state index in [9.17, 15) is 9.18 Å². The van der Waals surface area contributed by atoms with Crippen LogP contribution in [0.1, 0.15) is 5.56 Å². The van der Waals surface area contributed by atoms with Crippen LogP contribution >= 0.6 is 0 Å². The molecule has 2 heterocycles. The quantitative estimate of drug-likeness (QED) is 0.728. The average molecular weight is 352 g/mol. The van der Waals surface area contributed by atoms with Crippen LogP contribution in [-0.4, -0.2) is 46.5 Å². The minimum atomic E-state index is -0.261. The van der Waals surface area contributed by atoms with Gasteiger partial charge in [-0.15, -0.1) is 0 Å². The second-order valence-corrected chi connectivity index (χ2v) is 6.63. The fraction of sp³-hybridized carbons (Fsp3) is 0.300. The summed E-state index contributed by atoms with van der Waals surface area (Å²) in [5.74, 6) is 0.715. The monoisotopic (exact) mass is 352 g/mol. The number of fused-ring (bicyclic) bond motifs is 1. The molecular formula is C20H21FN4O. The van der Waals surface area contributed by atoms with Gasteiger partial charge in [0.1, 0.15) is 5.82 Å². The number of benzene rings is 2. The predicted molar refractivity (Wildman–Crippen MR) is 99.6 cm³/mol. The lowest BCUT2D eigenvalue weighted by molar-refractivity contribution is -0.130. The topological polar surface area (TPSA) is 41.4 Å². The molecule has 0 N–H and O–H groups in total. The van der Waals surface area contributed by atoms with Crippen molar-refractivity contribution in [2.45, 2.75) is 6.42 Å². The van der Waals surface area contributed by atoms with Crippen molar-refractivity contribution in [2.75, 3.05) is 31.1 Å². The van der Waals surface area contributed by atoms with E-state index in [1.54, 1.807) is 6.07 Å². The standard InChI is InChI=1S/C20H21FN4O/c1-23-18-14-16(21)7-8-17(18)22-20(23)25-11-9-24(10-12-25)19(26)13-15-5-3-2-4-6-15/h2-8,14H,9-13H2,1H3. The number of imidazole rings is 1. The van der Waals surface area contributed by atoms with E-state index in [1.807, 2.05) is 46.8 Å². The van der Waals surface area contributed by atoms with Crippen molar-refractivity contribution in [3.63, 3.8) is 0 Å². The molecule has 0 radical (unpaired) electrons. The molecule has 5 nitrogen and oxygen atoms in total. The Morgan fingerprint density at radius 1 is 1.08 bits per heavy atom. The summed E-state index contributed by atoms with van der Waals surface area (Å²) in [6.45, 7) is 2.78. The van der Waals surface area contributed by atoms with Gasteiger partial charge in [0.2, 0.25) is 11.9 Å². The Bertz CT molecular complexity index is 930. The molecule has 0 atom stereocenters. The highest BCUT2D eigenvalue weighted by atomic mass is 19.1. The van der Waals surface area contributed by atoms with E-state index in [0.717, 1.165) is 35.6 Å². The molecule has 3 aromatic rings. The number of rotatable bonds is 3. The summed E-state index contributed by atoms with van der Waals surface area (Å²) < 4.78 is 15.4. The van der Waals surface area contributed by atoms with Crippen molar-refractivity contribution in [3.05, 3.63) is 59.9 Å². The smallest absolute Gasteiger partial charge is 0.227 e. The summed E-state index contributed by atoms with van der Waals surface area (Å²) in [5, 5.41) is 0.